The lowest BCUT2D eigenvalue weighted by Crippen LogP contribution is -2.00. The minimum atomic E-state index is 0.737. The molecule has 1 aromatic carbocycles. The van der Waals surface area contributed by atoms with Crippen LogP contribution in [0.1, 0.15) is 10.7 Å². The first-order valence-electron chi connectivity index (χ1n) is 4.85. The summed E-state index contributed by atoms with van der Waals surface area (Å²) in [6.45, 7) is 2.74. The van der Waals surface area contributed by atoms with Crippen molar-refractivity contribution in [1.82, 2.24) is 4.98 Å². The molecule has 0 fully saturated rings. The van der Waals surface area contributed by atoms with Crippen LogP contribution in [0, 0.1) is 6.92 Å². The fourth-order valence-electron chi connectivity index (χ4n) is 1.33. The molecule has 0 saturated carbocycles. The summed E-state index contributed by atoms with van der Waals surface area (Å²) in [7, 11) is 0. The monoisotopic (exact) mass is 297 g/mol. The van der Waals surface area contributed by atoms with E-state index in [4.69, 9.17) is 5.73 Å². The van der Waals surface area contributed by atoms with Crippen LogP contribution in [-0.4, -0.2) is 4.98 Å². The number of aromatic nitrogens is 1. The highest BCUT2D eigenvalue weighted by Crippen LogP contribution is 2.25. The molecular formula is C11H12BrN3S. The van der Waals surface area contributed by atoms with Gasteiger partial charge in [-0.3, -0.25) is 0 Å². The number of hydrogen-bond acceptors (Lipinski definition) is 4. The van der Waals surface area contributed by atoms with Crippen LogP contribution in [0.5, 0.6) is 0 Å². The second-order valence-corrected chi connectivity index (χ2v) is 5.27. The second kappa shape index (κ2) is 4.84. The van der Waals surface area contributed by atoms with Gasteiger partial charge in [-0.25, -0.2) is 4.98 Å². The highest BCUT2D eigenvalue weighted by atomic mass is 79.9. The zero-order chi connectivity index (χ0) is 11.5. The first-order chi connectivity index (χ1) is 7.65. The molecule has 0 amide bonds. The van der Waals surface area contributed by atoms with Crippen molar-refractivity contribution >= 4 is 38.6 Å². The molecular weight excluding hydrogens is 286 g/mol. The van der Waals surface area contributed by atoms with Crippen LogP contribution < -0.4 is 11.1 Å². The molecule has 1 aromatic heterocycles. The molecule has 0 saturated heterocycles. The molecule has 0 bridgehead atoms. The Bertz CT molecular complexity index is 496. The lowest BCUT2D eigenvalue weighted by Gasteiger charge is -2.07. The van der Waals surface area contributed by atoms with Gasteiger partial charge >= 0.3 is 0 Å². The zero-order valence-corrected chi connectivity index (χ0v) is 11.2. The Labute approximate surface area is 107 Å². The summed E-state index contributed by atoms with van der Waals surface area (Å²) in [5.74, 6) is 0. The van der Waals surface area contributed by atoms with Gasteiger partial charge < -0.3 is 11.1 Å². The lowest BCUT2D eigenvalue weighted by atomic mass is 10.3. The number of nitrogens with one attached hydrogen (secondary N) is 1. The minimum Gasteiger partial charge on any atom is -0.399 e. The number of benzene rings is 1. The minimum absolute atomic E-state index is 0.737. The summed E-state index contributed by atoms with van der Waals surface area (Å²) in [5.41, 5.74) is 8.52. The Morgan fingerprint density at radius 2 is 2.31 bits per heavy atom. The Morgan fingerprint density at radius 3 is 2.94 bits per heavy atom. The fraction of sp³-hybridized carbons (Fsp3) is 0.182. The molecule has 3 N–H and O–H groups in total. The summed E-state index contributed by atoms with van der Waals surface area (Å²) < 4.78 is 0.973. The smallest absolute Gasteiger partial charge is 0.112 e. The maximum Gasteiger partial charge on any atom is 0.112 e. The van der Waals surface area contributed by atoms with Gasteiger partial charge in [-0.1, -0.05) is 0 Å². The van der Waals surface area contributed by atoms with Gasteiger partial charge in [0.25, 0.3) is 0 Å². The van der Waals surface area contributed by atoms with Crippen molar-refractivity contribution in [2.75, 3.05) is 11.1 Å². The van der Waals surface area contributed by atoms with Crippen molar-refractivity contribution in [1.29, 1.82) is 0 Å². The molecule has 0 unspecified atom stereocenters. The van der Waals surface area contributed by atoms with E-state index in [0.717, 1.165) is 33.1 Å². The molecule has 2 rings (SSSR count). The normalized spacial score (nSPS) is 10.4. The van der Waals surface area contributed by atoms with Crippen LogP contribution in [0.3, 0.4) is 0 Å². The van der Waals surface area contributed by atoms with Gasteiger partial charge in [-0.2, -0.15) is 0 Å². The van der Waals surface area contributed by atoms with Gasteiger partial charge in [0.05, 0.1) is 6.54 Å². The summed E-state index contributed by atoms with van der Waals surface area (Å²) in [5, 5.41) is 6.45. The molecule has 0 aliphatic heterocycles. The number of aryl methyl sites for hydroxylation is 1. The van der Waals surface area contributed by atoms with Crippen molar-refractivity contribution in [3.05, 3.63) is 38.8 Å². The second-order valence-electron chi connectivity index (χ2n) is 3.48. The van der Waals surface area contributed by atoms with E-state index in [0.29, 0.717) is 0 Å². The molecule has 1 heterocycles. The standard InChI is InChI=1S/C11H12BrN3S/c1-7-6-16-11(15-7)5-14-10-3-2-8(13)4-9(10)12/h2-4,6,14H,5,13H2,1H3. The van der Waals surface area contributed by atoms with E-state index < -0.39 is 0 Å². The number of hydrogen-bond donors (Lipinski definition) is 2. The average Bonchev–Trinajstić information content (AvgIpc) is 2.63. The highest BCUT2D eigenvalue weighted by molar-refractivity contribution is 9.10. The largest absolute Gasteiger partial charge is 0.399 e. The van der Waals surface area contributed by atoms with Crippen LogP contribution in [-0.2, 0) is 6.54 Å². The number of nitrogens with two attached hydrogens (primary N) is 1. The van der Waals surface area contributed by atoms with Gasteiger partial charge in [-0.05, 0) is 41.1 Å². The van der Waals surface area contributed by atoms with Gasteiger partial charge in [-0.15, -0.1) is 11.3 Å². The molecule has 0 atom stereocenters. The number of anilines is 2. The SMILES string of the molecule is Cc1csc(CNc2ccc(N)cc2Br)n1. The predicted molar refractivity (Wildman–Crippen MR) is 72.7 cm³/mol. The van der Waals surface area contributed by atoms with Crippen LogP contribution >= 0.6 is 27.3 Å². The van der Waals surface area contributed by atoms with Crippen molar-refractivity contribution in [3.63, 3.8) is 0 Å². The molecule has 16 heavy (non-hydrogen) atoms. The molecule has 2 aromatic rings. The number of nitrogen functional groups attached to an aromatic ring is 1. The van der Waals surface area contributed by atoms with Gasteiger partial charge in [0.2, 0.25) is 0 Å². The van der Waals surface area contributed by atoms with E-state index in [9.17, 15) is 0 Å². The summed E-state index contributed by atoms with van der Waals surface area (Å²) >= 11 is 5.13. The Balaban J connectivity index is 2.04. The maximum absolute atomic E-state index is 5.67. The van der Waals surface area contributed by atoms with E-state index in [-0.39, 0.29) is 0 Å². The van der Waals surface area contributed by atoms with E-state index in [1.54, 1.807) is 11.3 Å². The third kappa shape index (κ3) is 2.74. The highest BCUT2D eigenvalue weighted by Gasteiger charge is 2.02. The Morgan fingerprint density at radius 1 is 1.50 bits per heavy atom. The van der Waals surface area contributed by atoms with Gasteiger partial charge in [0.15, 0.2) is 0 Å². The lowest BCUT2D eigenvalue weighted by molar-refractivity contribution is 1.07. The average molecular weight is 298 g/mol. The van der Waals surface area contributed by atoms with Gasteiger partial charge in [0, 0.05) is 26.9 Å². The molecule has 84 valence electrons. The maximum atomic E-state index is 5.67. The Hall–Kier alpha value is -1.07. The van der Waals surface area contributed by atoms with Crippen molar-refractivity contribution in [2.45, 2.75) is 13.5 Å². The number of halogens is 1. The number of thiazole rings is 1. The van der Waals surface area contributed by atoms with Crippen LogP contribution in [0.4, 0.5) is 11.4 Å². The van der Waals surface area contributed by atoms with E-state index in [1.807, 2.05) is 25.1 Å². The summed E-state index contributed by atoms with van der Waals surface area (Å²) in [4.78, 5) is 4.39. The van der Waals surface area contributed by atoms with Crippen LogP contribution in [0.25, 0.3) is 0 Å². The number of rotatable bonds is 3. The molecule has 3 nitrogen and oxygen atoms in total. The molecule has 0 aliphatic rings. The summed E-state index contributed by atoms with van der Waals surface area (Å²) in [6, 6.07) is 5.72. The van der Waals surface area contributed by atoms with E-state index in [2.05, 4.69) is 31.6 Å². The third-order valence-corrected chi connectivity index (χ3v) is 3.71. The third-order valence-electron chi connectivity index (χ3n) is 2.09. The van der Waals surface area contributed by atoms with Crippen molar-refractivity contribution in [3.8, 4) is 0 Å². The topological polar surface area (TPSA) is 50.9 Å². The molecule has 5 heteroatoms. The first-order valence-corrected chi connectivity index (χ1v) is 6.52. The number of nitrogens with zero attached hydrogens (tertiary/aromatic N) is 1. The van der Waals surface area contributed by atoms with E-state index in [1.165, 1.54) is 0 Å². The Kier molecular flexibility index (Phi) is 3.46. The van der Waals surface area contributed by atoms with Crippen molar-refractivity contribution < 1.29 is 0 Å². The van der Waals surface area contributed by atoms with Gasteiger partial charge in [0.1, 0.15) is 5.01 Å². The van der Waals surface area contributed by atoms with Crippen molar-refractivity contribution in [2.24, 2.45) is 0 Å². The molecule has 0 spiro atoms. The molecule has 0 aliphatic carbocycles. The fourth-order valence-corrected chi connectivity index (χ4v) is 2.58. The van der Waals surface area contributed by atoms with Crippen LogP contribution in [0.2, 0.25) is 0 Å². The first kappa shape index (κ1) is 11.4. The predicted octanol–water partition coefficient (Wildman–Crippen LogP) is 3.41. The zero-order valence-electron chi connectivity index (χ0n) is 8.83. The molecule has 0 radical (unpaired) electrons. The van der Waals surface area contributed by atoms with Crippen LogP contribution in [0.15, 0.2) is 28.1 Å². The van der Waals surface area contributed by atoms with E-state index >= 15 is 0 Å². The quantitative estimate of drug-likeness (QED) is 0.854. The summed E-state index contributed by atoms with van der Waals surface area (Å²) in [6.07, 6.45) is 0.